The SMILES string of the molecule is CCCCCCCCCCCCCCCC(=O)O.O=N[O-].[Na+]. The van der Waals surface area contributed by atoms with Gasteiger partial charge in [0.05, 0.1) is 0 Å². The van der Waals surface area contributed by atoms with Gasteiger partial charge < -0.3 is 15.2 Å². The Morgan fingerprint density at radius 1 is 0.818 bits per heavy atom. The third-order valence-corrected chi connectivity index (χ3v) is 3.49. The van der Waals surface area contributed by atoms with Gasteiger partial charge in [0.15, 0.2) is 0 Å². The van der Waals surface area contributed by atoms with Crippen molar-refractivity contribution in [3.05, 3.63) is 10.1 Å². The third-order valence-electron chi connectivity index (χ3n) is 3.49. The normalized spacial score (nSPS) is 9.32. The van der Waals surface area contributed by atoms with Crippen LogP contribution in [0.5, 0.6) is 0 Å². The molecule has 0 spiro atoms. The molecular weight excluding hydrogens is 293 g/mol. The van der Waals surface area contributed by atoms with E-state index in [0.29, 0.717) is 6.42 Å². The number of hydrogen-bond donors (Lipinski definition) is 1. The van der Waals surface area contributed by atoms with Crippen molar-refractivity contribution in [3.8, 4) is 0 Å². The van der Waals surface area contributed by atoms with Gasteiger partial charge in [-0.25, -0.2) is 0 Å². The van der Waals surface area contributed by atoms with E-state index in [0.717, 1.165) is 18.2 Å². The van der Waals surface area contributed by atoms with Crippen LogP contribution in [0.4, 0.5) is 0 Å². The monoisotopic (exact) mass is 325 g/mol. The zero-order valence-corrected chi connectivity index (χ0v) is 16.5. The first kappa shape index (κ1) is 26.8. The molecule has 0 amide bonds. The molecule has 6 heteroatoms. The summed E-state index contributed by atoms with van der Waals surface area (Å²) < 4.78 is 0. The smallest absolute Gasteiger partial charge is 0.481 e. The summed E-state index contributed by atoms with van der Waals surface area (Å²) in [5, 5.41) is 17.5. The summed E-state index contributed by atoms with van der Waals surface area (Å²) in [6, 6.07) is 0. The van der Waals surface area contributed by atoms with Crippen molar-refractivity contribution >= 4 is 5.97 Å². The van der Waals surface area contributed by atoms with Crippen molar-refractivity contribution in [1.29, 1.82) is 0 Å². The van der Waals surface area contributed by atoms with E-state index in [2.05, 4.69) is 6.92 Å². The summed E-state index contributed by atoms with van der Waals surface area (Å²) in [5.74, 6) is -0.655. The Hall–Kier alpha value is -0.130. The number of hydrogen-bond acceptors (Lipinski definition) is 4. The number of aliphatic carboxylic acids is 1. The quantitative estimate of drug-likeness (QED) is 0.230. The van der Waals surface area contributed by atoms with Gasteiger partial charge >= 0.3 is 35.5 Å². The van der Waals surface area contributed by atoms with Gasteiger partial charge in [0.1, 0.15) is 0 Å². The average Bonchev–Trinajstić information content (AvgIpc) is 2.44. The van der Waals surface area contributed by atoms with Gasteiger partial charge in [-0.2, -0.15) is 0 Å². The molecule has 0 unspecified atom stereocenters. The van der Waals surface area contributed by atoms with E-state index in [1.165, 1.54) is 70.6 Å². The van der Waals surface area contributed by atoms with Crippen LogP contribution in [0.3, 0.4) is 0 Å². The van der Waals surface area contributed by atoms with Gasteiger partial charge in [-0.3, -0.25) is 4.79 Å². The van der Waals surface area contributed by atoms with E-state index >= 15 is 0 Å². The van der Waals surface area contributed by atoms with Crippen LogP contribution in [0.1, 0.15) is 96.8 Å². The van der Waals surface area contributed by atoms with E-state index in [9.17, 15) is 4.79 Å². The molecule has 0 aliphatic carbocycles. The van der Waals surface area contributed by atoms with Crippen LogP contribution in [0.2, 0.25) is 0 Å². The van der Waals surface area contributed by atoms with Crippen molar-refractivity contribution < 1.29 is 39.5 Å². The first-order valence-electron chi connectivity index (χ1n) is 8.35. The van der Waals surface area contributed by atoms with Crippen LogP contribution >= 0.6 is 0 Å². The van der Waals surface area contributed by atoms with Crippen molar-refractivity contribution in [3.63, 3.8) is 0 Å². The Labute approximate surface area is 157 Å². The largest absolute Gasteiger partial charge is 1.00 e. The molecule has 0 aromatic rings. The van der Waals surface area contributed by atoms with E-state index in [-0.39, 0.29) is 29.6 Å². The second kappa shape index (κ2) is 25.8. The van der Waals surface area contributed by atoms with Crippen molar-refractivity contribution in [1.82, 2.24) is 0 Å². The molecule has 0 saturated heterocycles. The Balaban J connectivity index is -0.000000827. The van der Waals surface area contributed by atoms with Gasteiger partial charge in [0.2, 0.25) is 0 Å². The predicted octanol–water partition coefficient (Wildman–Crippen LogP) is 2.81. The molecule has 0 saturated carbocycles. The van der Waals surface area contributed by atoms with Crippen molar-refractivity contribution in [2.24, 2.45) is 5.34 Å². The molecular formula is C16H32NNaO4. The standard InChI is InChI=1S/C16H32O2.HNO2.Na/c1-2-3-4-5-6-7-8-9-10-11-12-13-14-15-16(17)18;2-1-3;/h2-15H2,1H3,(H,17,18);(H,2,3);/q;;+1/p-1. The van der Waals surface area contributed by atoms with E-state index in [1.807, 2.05) is 0 Å². The maximum atomic E-state index is 10.3. The summed E-state index contributed by atoms with van der Waals surface area (Å²) in [6.07, 6.45) is 17.3. The molecule has 0 aliphatic heterocycles. The molecule has 0 radical (unpaired) electrons. The number of unbranched alkanes of at least 4 members (excludes halogenated alkanes) is 12. The van der Waals surface area contributed by atoms with Crippen LogP contribution in [0, 0.1) is 10.1 Å². The van der Waals surface area contributed by atoms with Crippen molar-refractivity contribution in [2.45, 2.75) is 96.8 Å². The number of carboxylic acids is 1. The van der Waals surface area contributed by atoms with Crippen LogP contribution in [0.15, 0.2) is 5.34 Å². The molecule has 0 atom stereocenters. The summed E-state index contributed by atoms with van der Waals surface area (Å²) in [4.78, 5) is 18.3. The van der Waals surface area contributed by atoms with Crippen LogP contribution in [0.25, 0.3) is 0 Å². The molecule has 0 bridgehead atoms. The molecule has 5 nitrogen and oxygen atoms in total. The first-order chi connectivity index (χ1) is 10.2. The molecule has 126 valence electrons. The minimum Gasteiger partial charge on any atom is -0.481 e. The second-order valence-electron chi connectivity index (χ2n) is 5.46. The van der Waals surface area contributed by atoms with E-state index in [4.69, 9.17) is 15.2 Å². The Kier molecular flexibility index (Phi) is 31.4. The minimum absolute atomic E-state index is 0. The third kappa shape index (κ3) is 32.0. The van der Waals surface area contributed by atoms with Crippen molar-refractivity contribution in [2.75, 3.05) is 0 Å². The number of nitrogens with zero attached hydrogens (tertiary/aromatic N) is 1. The Morgan fingerprint density at radius 3 is 1.36 bits per heavy atom. The summed E-state index contributed by atoms with van der Waals surface area (Å²) in [5.41, 5.74) is 0. The number of rotatable bonds is 14. The number of carbonyl (C=O) groups is 1. The fraction of sp³-hybridized carbons (Fsp3) is 0.938. The average molecular weight is 325 g/mol. The van der Waals surface area contributed by atoms with E-state index in [1.54, 1.807) is 0 Å². The molecule has 0 heterocycles. The van der Waals surface area contributed by atoms with Gasteiger partial charge in [0, 0.05) is 6.42 Å². The molecule has 0 aromatic heterocycles. The van der Waals surface area contributed by atoms with Gasteiger partial charge in [-0.05, 0) is 6.42 Å². The first-order valence-corrected chi connectivity index (χ1v) is 8.35. The fourth-order valence-corrected chi connectivity index (χ4v) is 2.29. The molecule has 1 N–H and O–H groups in total. The predicted molar refractivity (Wildman–Crippen MR) is 87.1 cm³/mol. The zero-order valence-electron chi connectivity index (χ0n) is 14.5. The summed E-state index contributed by atoms with van der Waals surface area (Å²) >= 11 is 0. The molecule has 0 aliphatic rings. The molecule has 0 aromatic carbocycles. The Morgan fingerprint density at radius 2 is 1.09 bits per heavy atom. The van der Waals surface area contributed by atoms with Crippen LogP contribution < -0.4 is 29.6 Å². The second-order valence-corrected chi connectivity index (χ2v) is 5.46. The minimum atomic E-state index is -0.655. The van der Waals surface area contributed by atoms with Crippen LogP contribution in [-0.2, 0) is 4.79 Å². The fourth-order valence-electron chi connectivity index (χ4n) is 2.29. The van der Waals surface area contributed by atoms with Gasteiger partial charge in [0.25, 0.3) is 0 Å². The Bertz CT molecular complexity index is 228. The summed E-state index contributed by atoms with van der Waals surface area (Å²) in [7, 11) is 0. The zero-order chi connectivity index (χ0) is 16.2. The van der Waals surface area contributed by atoms with Crippen LogP contribution in [-0.4, -0.2) is 11.1 Å². The molecule has 0 fully saturated rings. The molecule has 0 rings (SSSR count). The maximum Gasteiger partial charge on any atom is 1.00 e. The van der Waals surface area contributed by atoms with Gasteiger partial charge in [-0.15, -0.1) is 5.34 Å². The number of carboxylic acid groups (broad SMARTS) is 1. The van der Waals surface area contributed by atoms with E-state index < -0.39 is 5.97 Å². The molecule has 22 heavy (non-hydrogen) atoms. The maximum absolute atomic E-state index is 10.3. The topological polar surface area (TPSA) is 89.8 Å². The van der Waals surface area contributed by atoms with Gasteiger partial charge in [-0.1, -0.05) is 84.0 Å². The summed E-state index contributed by atoms with van der Waals surface area (Å²) in [6.45, 7) is 2.26.